The van der Waals surface area contributed by atoms with Crippen LogP contribution in [0.3, 0.4) is 0 Å². The zero-order valence-corrected chi connectivity index (χ0v) is 22.2. The molecule has 0 saturated heterocycles. The SMILES string of the molecule is C=Nc1cc(OC)c(OC)cc1SCN.CCSc1ccc(C(C=O)Nc2ccccc2C)cc1. The quantitative estimate of drug-likeness (QED) is 0.131. The normalized spacial score (nSPS) is 11.0. The maximum atomic E-state index is 11.4. The van der Waals surface area contributed by atoms with E-state index in [0.29, 0.717) is 17.4 Å². The maximum absolute atomic E-state index is 11.4. The fraction of sp³-hybridized carbons (Fsp3) is 0.259. The Kier molecular flexibility index (Phi) is 12.2. The van der Waals surface area contributed by atoms with Crippen molar-refractivity contribution in [1.29, 1.82) is 0 Å². The molecule has 186 valence electrons. The Bertz CT molecular complexity index is 1090. The molecule has 0 heterocycles. The van der Waals surface area contributed by atoms with E-state index in [0.717, 1.165) is 39.4 Å². The molecule has 1 atom stereocenters. The number of aryl methyl sites for hydroxylation is 1. The number of nitrogens with zero attached hydrogens (tertiary/aromatic N) is 1. The highest BCUT2D eigenvalue weighted by Crippen LogP contribution is 2.39. The van der Waals surface area contributed by atoms with Gasteiger partial charge in [0.1, 0.15) is 12.3 Å². The van der Waals surface area contributed by atoms with Crippen molar-refractivity contribution in [3.8, 4) is 11.5 Å². The van der Waals surface area contributed by atoms with Crippen LogP contribution in [-0.4, -0.2) is 38.9 Å². The molecular weight excluding hydrogens is 478 g/mol. The molecule has 8 heteroatoms. The number of nitrogens with one attached hydrogen (secondary N) is 1. The van der Waals surface area contributed by atoms with Crippen LogP contribution >= 0.6 is 23.5 Å². The topological polar surface area (TPSA) is 85.9 Å². The summed E-state index contributed by atoms with van der Waals surface area (Å²) in [5, 5.41) is 3.29. The van der Waals surface area contributed by atoms with E-state index >= 15 is 0 Å². The minimum absolute atomic E-state index is 0.309. The van der Waals surface area contributed by atoms with Crippen LogP contribution in [0.4, 0.5) is 11.4 Å². The van der Waals surface area contributed by atoms with Gasteiger partial charge in [-0.05, 0) is 54.8 Å². The monoisotopic (exact) mass is 511 g/mol. The molecular formula is C27H33N3O3S2. The van der Waals surface area contributed by atoms with Gasteiger partial charge in [0.25, 0.3) is 0 Å². The van der Waals surface area contributed by atoms with E-state index in [-0.39, 0.29) is 6.04 Å². The molecule has 0 aliphatic heterocycles. The molecule has 0 radical (unpaired) electrons. The molecule has 1 unspecified atom stereocenters. The molecule has 35 heavy (non-hydrogen) atoms. The lowest BCUT2D eigenvalue weighted by atomic mass is 10.1. The Morgan fingerprint density at radius 3 is 2.26 bits per heavy atom. The predicted molar refractivity (Wildman–Crippen MR) is 150 cm³/mol. The van der Waals surface area contributed by atoms with E-state index in [4.69, 9.17) is 15.2 Å². The third-order valence-corrected chi connectivity index (χ3v) is 6.72. The second-order valence-corrected chi connectivity index (χ2v) is 9.62. The number of anilines is 1. The first-order chi connectivity index (χ1) is 17.0. The second kappa shape index (κ2) is 15.1. The summed E-state index contributed by atoms with van der Waals surface area (Å²) in [6.07, 6.45) is 0.953. The van der Waals surface area contributed by atoms with E-state index in [2.05, 4.69) is 36.1 Å². The van der Waals surface area contributed by atoms with E-state index in [1.54, 1.807) is 32.0 Å². The fourth-order valence-corrected chi connectivity index (χ4v) is 4.52. The summed E-state index contributed by atoms with van der Waals surface area (Å²) < 4.78 is 10.3. The van der Waals surface area contributed by atoms with Crippen molar-refractivity contribution in [3.63, 3.8) is 0 Å². The Balaban J connectivity index is 0.000000258. The summed E-state index contributed by atoms with van der Waals surface area (Å²) >= 11 is 3.28. The zero-order chi connectivity index (χ0) is 25.6. The molecule has 6 nitrogen and oxygen atoms in total. The minimum atomic E-state index is -0.309. The van der Waals surface area contributed by atoms with Gasteiger partial charge in [-0.15, -0.1) is 23.5 Å². The number of carbonyl (C=O) groups excluding carboxylic acids is 1. The van der Waals surface area contributed by atoms with Crippen molar-refractivity contribution in [3.05, 3.63) is 71.8 Å². The predicted octanol–water partition coefficient (Wildman–Crippen LogP) is 6.50. The highest BCUT2D eigenvalue weighted by Gasteiger charge is 2.11. The number of aliphatic imine (C=N–C) groups is 1. The molecule has 0 amide bonds. The number of para-hydroxylation sites is 1. The summed E-state index contributed by atoms with van der Waals surface area (Å²) in [7, 11) is 3.18. The van der Waals surface area contributed by atoms with Gasteiger partial charge in [0.15, 0.2) is 11.5 Å². The fourth-order valence-electron chi connectivity index (χ4n) is 3.21. The molecule has 0 aromatic heterocycles. The van der Waals surface area contributed by atoms with E-state index in [9.17, 15) is 4.79 Å². The number of hydrogen-bond acceptors (Lipinski definition) is 8. The molecule has 0 spiro atoms. The molecule has 0 fully saturated rings. The Morgan fingerprint density at radius 2 is 1.71 bits per heavy atom. The number of benzene rings is 3. The maximum Gasteiger partial charge on any atom is 0.162 e. The van der Waals surface area contributed by atoms with Gasteiger partial charge < -0.3 is 25.3 Å². The van der Waals surface area contributed by atoms with Gasteiger partial charge in [-0.2, -0.15) is 0 Å². The van der Waals surface area contributed by atoms with Crippen LogP contribution in [0.1, 0.15) is 24.1 Å². The minimum Gasteiger partial charge on any atom is -0.493 e. The highest BCUT2D eigenvalue weighted by molar-refractivity contribution is 7.99. The second-order valence-electron chi connectivity index (χ2n) is 7.22. The summed E-state index contributed by atoms with van der Waals surface area (Å²) in [5.74, 6) is 2.85. The third kappa shape index (κ3) is 8.35. The summed E-state index contributed by atoms with van der Waals surface area (Å²) in [6, 6.07) is 19.5. The first kappa shape index (κ1) is 28.3. The van der Waals surface area contributed by atoms with Gasteiger partial charge in [-0.1, -0.05) is 37.3 Å². The number of methoxy groups -OCH3 is 2. The van der Waals surface area contributed by atoms with Gasteiger partial charge in [0.2, 0.25) is 0 Å². The molecule has 0 aliphatic carbocycles. The molecule has 0 saturated carbocycles. The Morgan fingerprint density at radius 1 is 1.06 bits per heavy atom. The van der Waals surface area contributed by atoms with E-state index in [1.807, 2.05) is 49.4 Å². The van der Waals surface area contributed by atoms with Gasteiger partial charge in [0, 0.05) is 27.4 Å². The Hall–Kier alpha value is -2.94. The third-order valence-electron chi connectivity index (χ3n) is 5.02. The molecule has 3 N–H and O–H groups in total. The van der Waals surface area contributed by atoms with Crippen molar-refractivity contribution < 1.29 is 14.3 Å². The lowest BCUT2D eigenvalue weighted by Gasteiger charge is -2.16. The standard InChI is InChI=1S/C17H19NOS.C10H14N2O2S/c1-3-20-15-10-8-14(9-11-15)17(12-19)18-16-7-5-4-6-13(16)2;1-12-7-4-8(13-2)9(14-3)5-10(7)15-6-11/h4-12,17-18H,3H2,1-2H3;4-5H,1,6,11H2,2-3H3. The van der Waals surface area contributed by atoms with Crippen LogP contribution in [0.2, 0.25) is 0 Å². The average molecular weight is 512 g/mol. The molecule has 3 aromatic rings. The first-order valence-corrected chi connectivity index (χ1v) is 13.0. The van der Waals surface area contributed by atoms with Crippen LogP contribution in [0.5, 0.6) is 11.5 Å². The van der Waals surface area contributed by atoms with Gasteiger partial charge in [-0.25, -0.2) is 0 Å². The summed E-state index contributed by atoms with van der Waals surface area (Å²) in [5.41, 5.74) is 9.35. The number of carbonyl (C=O) groups is 1. The van der Waals surface area contributed by atoms with Crippen molar-refractivity contribution in [2.75, 3.05) is 31.2 Å². The van der Waals surface area contributed by atoms with Crippen molar-refractivity contribution in [1.82, 2.24) is 0 Å². The van der Waals surface area contributed by atoms with Gasteiger partial charge >= 0.3 is 0 Å². The number of rotatable bonds is 11. The van der Waals surface area contributed by atoms with Crippen molar-refractivity contribution in [2.45, 2.75) is 29.7 Å². The van der Waals surface area contributed by atoms with Gasteiger partial charge in [0.05, 0.1) is 19.9 Å². The number of nitrogens with two attached hydrogens (primary N) is 1. The number of ether oxygens (including phenoxy) is 2. The largest absolute Gasteiger partial charge is 0.493 e. The van der Waals surface area contributed by atoms with E-state index < -0.39 is 0 Å². The average Bonchev–Trinajstić information content (AvgIpc) is 2.89. The zero-order valence-electron chi connectivity index (χ0n) is 20.6. The number of hydrogen-bond donors (Lipinski definition) is 2. The van der Waals surface area contributed by atoms with Crippen LogP contribution < -0.4 is 20.5 Å². The van der Waals surface area contributed by atoms with E-state index in [1.165, 1.54) is 16.7 Å². The van der Waals surface area contributed by atoms with Crippen molar-refractivity contribution >= 4 is 47.9 Å². The molecule has 0 aliphatic rings. The smallest absolute Gasteiger partial charge is 0.162 e. The number of thioether (sulfide) groups is 2. The summed E-state index contributed by atoms with van der Waals surface area (Å²) in [4.78, 5) is 17.4. The Labute approximate surface area is 216 Å². The highest BCUT2D eigenvalue weighted by atomic mass is 32.2. The van der Waals surface area contributed by atoms with Crippen LogP contribution in [0.25, 0.3) is 0 Å². The van der Waals surface area contributed by atoms with Crippen LogP contribution in [0, 0.1) is 6.92 Å². The lowest BCUT2D eigenvalue weighted by molar-refractivity contribution is -0.108. The summed E-state index contributed by atoms with van der Waals surface area (Å²) in [6.45, 7) is 7.67. The van der Waals surface area contributed by atoms with Crippen LogP contribution in [-0.2, 0) is 4.79 Å². The molecule has 0 bridgehead atoms. The number of aldehydes is 1. The van der Waals surface area contributed by atoms with Gasteiger partial charge in [-0.3, -0.25) is 4.99 Å². The lowest BCUT2D eigenvalue weighted by Crippen LogP contribution is -2.12. The first-order valence-electron chi connectivity index (χ1n) is 11.1. The molecule has 3 rings (SSSR count). The van der Waals surface area contributed by atoms with Crippen molar-refractivity contribution in [2.24, 2.45) is 10.7 Å². The van der Waals surface area contributed by atoms with Crippen LogP contribution in [0.15, 0.2) is 75.4 Å². The molecule has 3 aromatic carbocycles.